The van der Waals surface area contributed by atoms with Gasteiger partial charge in [0.05, 0.1) is 0 Å². The summed E-state index contributed by atoms with van der Waals surface area (Å²) < 4.78 is 2.87. The summed E-state index contributed by atoms with van der Waals surface area (Å²) in [6.45, 7) is 0.758. The Morgan fingerprint density at radius 3 is 3.00 bits per heavy atom. The van der Waals surface area contributed by atoms with Crippen molar-refractivity contribution in [1.82, 2.24) is 4.72 Å². The topological polar surface area (TPSA) is 49.3 Å². The van der Waals surface area contributed by atoms with E-state index in [1.807, 2.05) is 6.08 Å². The minimum Gasteiger partial charge on any atom is -0.480 e. The average molecular weight is 145 g/mol. The van der Waals surface area contributed by atoms with Crippen LogP contribution in [0.3, 0.4) is 0 Å². The van der Waals surface area contributed by atoms with Crippen LogP contribution in [0.15, 0.2) is 12.2 Å². The van der Waals surface area contributed by atoms with Crippen LogP contribution >= 0.6 is 11.9 Å². The van der Waals surface area contributed by atoms with Gasteiger partial charge in [0.1, 0.15) is 5.25 Å². The second kappa shape index (κ2) is 2.89. The molecular formula is C5H7NO2S. The van der Waals surface area contributed by atoms with Gasteiger partial charge in [0.15, 0.2) is 0 Å². The first kappa shape index (κ1) is 6.64. The summed E-state index contributed by atoms with van der Waals surface area (Å²) in [5.74, 6) is -0.788. The molecule has 9 heavy (non-hydrogen) atoms. The molecular weight excluding hydrogens is 138 g/mol. The van der Waals surface area contributed by atoms with Crippen LogP contribution < -0.4 is 4.72 Å². The molecule has 0 bridgehead atoms. The van der Waals surface area contributed by atoms with Gasteiger partial charge in [-0.05, 0) is 0 Å². The van der Waals surface area contributed by atoms with E-state index >= 15 is 0 Å². The number of carboxylic acid groups (broad SMARTS) is 1. The van der Waals surface area contributed by atoms with Gasteiger partial charge in [0.2, 0.25) is 0 Å². The van der Waals surface area contributed by atoms with Crippen LogP contribution in [0.1, 0.15) is 0 Å². The summed E-state index contributed by atoms with van der Waals surface area (Å²) in [5.41, 5.74) is 0. The quantitative estimate of drug-likeness (QED) is 0.410. The zero-order valence-electron chi connectivity index (χ0n) is 4.70. The molecule has 1 unspecified atom stereocenters. The van der Waals surface area contributed by atoms with Gasteiger partial charge < -0.3 is 5.11 Å². The molecule has 0 amide bonds. The summed E-state index contributed by atoms with van der Waals surface area (Å²) in [7, 11) is 0. The van der Waals surface area contributed by atoms with Gasteiger partial charge in [-0.25, -0.2) is 0 Å². The Balaban J connectivity index is 2.50. The molecule has 1 rings (SSSR count). The third-order valence-electron chi connectivity index (χ3n) is 0.966. The maximum absolute atomic E-state index is 10.2. The summed E-state index contributed by atoms with van der Waals surface area (Å²) in [6, 6.07) is 0. The molecule has 0 aromatic heterocycles. The molecule has 0 fully saturated rings. The van der Waals surface area contributed by atoms with E-state index in [1.54, 1.807) is 6.08 Å². The highest BCUT2D eigenvalue weighted by Gasteiger charge is 2.15. The molecule has 0 saturated carbocycles. The van der Waals surface area contributed by atoms with Crippen molar-refractivity contribution in [2.24, 2.45) is 0 Å². The minimum absolute atomic E-state index is 0.404. The van der Waals surface area contributed by atoms with E-state index in [4.69, 9.17) is 5.11 Å². The molecule has 1 aliphatic rings. The first-order valence-corrected chi connectivity index (χ1v) is 3.46. The van der Waals surface area contributed by atoms with Gasteiger partial charge in [0.25, 0.3) is 0 Å². The summed E-state index contributed by atoms with van der Waals surface area (Å²) in [5, 5.41) is 8.02. The zero-order chi connectivity index (χ0) is 6.69. The molecule has 1 heterocycles. The first-order chi connectivity index (χ1) is 4.30. The van der Waals surface area contributed by atoms with Crippen LogP contribution in [0.25, 0.3) is 0 Å². The molecule has 1 aliphatic heterocycles. The van der Waals surface area contributed by atoms with Crippen molar-refractivity contribution in [3.8, 4) is 0 Å². The van der Waals surface area contributed by atoms with Crippen LogP contribution in [0.2, 0.25) is 0 Å². The monoisotopic (exact) mass is 145 g/mol. The molecule has 0 radical (unpaired) electrons. The number of nitrogens with one attached hydrogen (secondary N) is 1. The SMILES string of the molecule is O=C(O)C1C=CCNS1. The van der Waals surface area contributed by atoms with E-state index < -0.39 is 11.2 Å². The second-order valence-corrected chi connectivity index (χ2v) is 2.69. The molecule has 0 aromatic carbocycles. The molecule has 0 aliphatic carbocycles. The fraction of sp³-hybridized carbons (Fsp3) is 0.400. The number of rotatable bonds is 1. The molecule has 0 saturated heterocycles. The normalized spacial score (nSPS) is 26.0. The minimum atomic E-state index is -0.788. The maximum atomic E-state index is 10.2. The molecule has 2 N–H and O–H groups in total. The maximum Gasteiger partial charge on any atom is 0.321 e. The zero-order valence-corrected chi connectivity index (χ0v) is 5.52. The van der Waals surface area contributed by atoms with Gasteiger partial charge >= 0.3 is 5.97 Å². The Bertz CT molecular complexity index is 146. The van der Waals surface area contributed by atoms with E-state index in [0.29, 0.717) is 0 Å². The van der Waals surface area contributed by atoms with Crippen LogP contribution in [0.4, 0.5) is 0 Å². The van der Waals surface area contributed by atoms with Crippen LogP contribution in [0.5, 0.6) is 0 Å². The average Bonchev–Trinajstić information content (AvgIpc) is 1.90. The van der Waals surface area contributed by atoms with Gasteiger partial charge in [-0.2, -0.15) is 0 Å². The van der Waals surface area contributed by atoms with Crippen molar-refractivity contribution in [3.05, 3.63) is 12.2 Å². The van der Waals surface area contributed by atoms with E-state index in [1.165, 1.54) is 11.9 Å². The Morgan fingerprint density at radius 2 is 2.67 bits per heavy atom. The van der Waals surface area contributed by atoms with Crippen molar-refractivity contribution in [2.45, 2.75) is 5.25 Å². The predicted octanol–water partition coefficient (Wildman–Crippen LogP) is 0.247. The van der Waals surface area contributed by atoms with E-state index in [-0.39, 0.29) is 0 Å². The van der Waals surface area contributed by atoms with Gasteiger partial charge in [-0.3, -0.25) is 9.52 Å². The smallest absolute Gasteiger partial charge is 0.321 e. The van der Waals surface area contributed by atoms with Crippen LogP contribution in [0, 0.1) is 0 Å². The van der Waals surface area contributed by atoms with Crippen molar-refractivity contribution in [1.29, 1.82) is 0 Å². The standard InChI is InChI=1S/C5H7NO2S/c7-5(8)4-2-1-3-6-9-4/h1-2,4,6H,3H2,(H,7,8). The molecule has 4 heteroatoms. The fourth-order valence-corrected chi connectivity index (χ4v) is 1.21. The highest BCUT2D eigenvalue weighted by atomic mass is 32.2. The Hall–Kier alpha value is -0.480. The van der Waals surface area contributed by atoms with E-state index in [0.717, 1.165) is 6.54 Å². The number of carbonyl (C=O) groups is 1. The number of hydrogen-bond donors (Lipinski definition) is 2. The molecule has 0 aromatic rings. The van der Waals surface area contributed by atoms with Crippen molar-refractivity contribution < 1.29 is 9.90 Å². The van der Waals surface area contributed by atoms with Gasteiger partial charge in [-0.1, -0.05) is 24.1 Å². The third kappa shape index (κ3) is 1.73. The largest absolute Gasteiger partial charge is 0.480 e. The molecule has 3 nitrogen and oxygen atoms in total. The lowest BCUT2D eigenvalue weighted by atomic mass is 10.4. The highest BCUT2D eigenvalue weighted by molar-refractivity contribution is 7.98. The fourth-order valence-electron chi connectivity index (χ4n) is 0.550. The number of hydrogen-bond acceptors (Lipinski definition) is 3. The first-order valence-electron chi connectivity index (χ1n) is 2.58. The Kier molecular flexibility index (Phi) is 2.13. The summed E-state index contributed by atoms with van der Waals surface area (Å²) >= 11 is 1.23. The lowest BCUT2D eigenvalue weighted by Crippen LogP contribution is -2.22. The molecule has 50 valence electrons. The van der Waals surface area contributed by atoms with E-state index in [9.17, 15) is 4.79 Å². The number of aliphatic carboxylic acids is 1. The third-order valence-corrected chi connectivity index (χ3v) is 1.91. The highest BCUT2D eigenvalue weighted by Crippen LogP contribution is 2.11. The van der Waals surface area contributed by atoms with Crippen molar-refractivity contribution >= 4 is 17.9 Å². The lowest BCUT2D eigenvalue weighted by molar-refractivity contribution is -0.135. The Morgan fingerprint density at radius 1 is 1.89 bits per heavy atom. The molecule has 0 spiro atoms. The summed E-state index contributed by atoms with van der Waals surface area (Å²) in [4.78, 5) is 10.2. The predicted molar refractivity (Wildman–Crippen MR) is 36.2 cm³/mol. The second-order valence-electron chi connectivity index (χ2n) is 1.65. The lowest BCUT2D eigenvalue weighted by Gasteiger charge is -2.10. The summed E-state index contributed by atoms with van der Waals surface area (Å²) in [6.07, 6.45) is 3.50. The van der Waals surface area contributed by atoms with Crippen LogP contribution in [-0.2, 0) is 4.79 Å². The molecule has 1 atom stereocenters. The van der Waals surface area contributed by atoms with Gasteiger partial charge in [0, 0.05) is 6.54 Å². The Labute approximate surface area is 57.3 Å². The van der Waals surface area contributed by atoms with Crippen LogP contribution in [-0.4, -0.2) is 22.9 Å². The number of carboxylic acids is 1. The van der Waals surface area contributed by atoms with Gasteiger partial charge in [-0.15, -0.1) is 0 Å². The van der Waals surface area contributed by atoms with Crippen molar-refractivity contribution in [2.75, 3.05) is 6.54 Å². The van der Waals surface area contributed by atoms with E-state index in [2.05, 4.69) is 4.72 Å². The van der Waals surface area contributed by atoms with Crippen molar-refractivity contribution in [3.63, 3.8) is 0 Å².